The van der Waals surface area contributed by atoms with E-state index in [4.69, 9.17) is 9.84 Å². The molecule has 1 unspecified atom stereocenters. The van der Waals surface area contributed by atoms with Crippen LogP contribution in [-0.4, -0.2) is 23.1 Å². The summed E-state index contributed by atoms with van der Waals surface area (Å²) in [6.45, 7) is 1.63. The molecule has 0 heterocycles. The second-order valence-electron chi connectivity index (χ2n) is 4.44. The normalized spacial score (nSPS) is 11.5. The summed E-state index contributed by atoms with van der Waals surface area (Å²) in [4.78, 5) is 22.7. The molecule has 0 saturated heterocycles. The molecular weight excluding hydrogens is 270 g/mol. The minimum absolute atomic E-state index is 0.170. The lowest BCUT2D eigenvalue weighted by Crippen LogP contribution is -2.30. The number of carbonyl (C=O) groups excluding carboxylic acids is 1. The van der Waals surface area contributed by atoms with Crippen LogP contribution >= 0.6 is 0 Å². The maximum Gasteiger partial charge on any atom is 0.335 e. The van der Waals surface area contributed by atoms with Crippen molar-refractivity contribution >= 4 is 17.6 Å². The Labute approximate surface area is 122 Å². The van der Waals surface area contributed by atoms with Crippen LogP contribution in [0.5, 0.6) is 5.75 Å². The zero-order chi connectivity index (χ0) is 15.2. The highest BCUT2D eigenvalue weighted by molar-refractivity contribution is 5.94. The molecule has 0 aliphatic rings. The molecule has 2 N–H and O–H groups in total. The first-order valence-electron chi connectivity index (χ1n) is 6.42. The van der Waals surface area contributed by atoms with Gasteiger partial charge in [0.2, 0.25) is 0 Å². The van der Waals surface area contributed by atoms with Crippen molar-refractivity contribution in [3.05, 3.63) is 60.2 Å². The predicted molar refractivity (Wildman–Crippen MR) is 78.6 cm³/mol. The zero-order valence-electron chi connectivity index (χ0n) is 11.4. The molecule has 1 amide bonds. The number of ether oxygens (including phenoxy) is 1. The first-order chi connectivity index (χ1) is 10.1. The van der Waals surface area contributed by atoms with Crippen LogP contribution in [0, 0.1) is 0 Å². The van der Waals surface area contributed by atoms with Crippen molar-refractivity contribution in [2.45, 2.75) is 13.0 Å². The van der Waals surface area contributed by atoms with Crippen molar-refractivity contribution in [1.82, 2.24) is 0 Å². The highest BCUT2D eigenvalue weighted by Gasteiger charge is 2.15. The second kappa shape index (κ2) is 6.56. The van der Waals surface area contributed by atoms with Crippen molar-refractivity contribution in [2.24, 2.45) is 0 Å². The summed E-state index contributed by atoms with van der Waals surface area (Å²) in [5.41, 5.74) is 0.864. The third-order valence-corrected chi connectivity index (χ3v) is 2.82. The summed E-state index contributed by atoms with van der Waals surface area (Å²) in [6, 6.07) is 15.0. The Kier molecular flexibility index (Phi) is 4.56. The average molecular weight is 285 g/mol. The topological polar surface area (TPSA) is 75.6 Å². The number of rotatable bonds is 5. The van der Waals surface area contributed by atoms with Crippen molar-refractivity contribution < 1.29 is 19.4 Å². The second-order valence-corrected chi connectivity index (χ2v) is 4.44. The summed E-state index contributed by atoms with van der Waals surface area (Å²) in [5.74, 6) is -0.837. The highest BCUT2D eigenvalue weighted by Crippen LogP contribution is 2.15. The van der Waals surface area contributed by atoms with E-state index in [-0.39, 0.29) is 11.5 Å². The Morgan fingerprint density at radius 1 is 1.05 bits per heavy atom. The smallest absolute Gasteiger partial charge is 0.335 e. The number of carbonyl (C=O) groups is 2. The molecule has 2 rings (SSSR count). The molecule has 21 heavy (non-hydrogen) atoms. The number of benzene rings is 2. The van der Waals surface area contributed by atoms with Crippen LogP contribution in [0.25, 0.3) is 0 Å². The fourth-order valence-corrected chi connectivity index (χ4v) is 1.70. The van der Waals surface area contributed by atoms with Crippen LogP contribution in [0.1, 0.15) is 17.3 Å². The number of hydrogen-bond acceptors (Lipinski definition) is 3. The Morgan fingerprint density at radius 3 is 2.24 bits per heavy atom. The minimum atomic E-state index is -1.00. The van der Waals surface area contributed by atoms with Crippen LogP contribution in [0.15, 0.2) is 54.6 Å². The number of carboxylic acids is 1. The predicted octanol–water partition coefficient (Wildman–Crippen LogP) is 2.79. The Bertz CT molecular complexity index is 622. The first-order valence-corrected chi connectivity index (χ1v) is 6.42. The SMILES string of the molecule is CC(Oc1ccc(C(=O)O)cc1)C(=O)Nc1ccccc1. The number of carboxylic acid groups (broad SMARTS) is 1. The van der Waals surface area contributed by atoms with Gasteiger partial charge in [0, 0.05) is 5.69 Å². The summed E-state index contributed by atoms with van der Waals surface area (Å²) in [6.07, 6.45) is -0.694. The molecule has 0 aromatic heterocycles. The fourth-order valence-electron chi connectivity index (χ4n) is 1.70. The molecule has 0 spiro atoms. The van der Waals surface area contributed by atoms with E-state index >= 15 is 0 Å². The lowest BCUT2D eigenvalue weighted by atomic mass is 10.2. The van der Waals surface area contributed by atoms with Gasteiger partial charge in [-0.25, -0.2) is 4.79 Å². The highest BCUT2D eigenvalue weighted by atomic mass is 16.5. The standard InChI is InChI=1S/C16H15NO4/c1-11(15(18)17-13-5-3-2-4-6-13)21-14-9-7-12(8-10-14)16(19)20/h2-11H,1H3,(H,17,18)(H,19,20). The lowest BCUT2D eigenvalue weighted by molar-refractivity contribution is -0.122. The maximum atomic E-state index is 12.0. The van der Waals surface area contributed by atoms with E-state index in [0.717, 1.165) is 0 Å². The number of aromatic carboxylic acids is 1. The van der Waals surface area contributed by atoms with Crippen LogP contribution in [0.2, 0.25) is 0 Å². The molecular formula is C16H15NO4. The van der Waals surface area contributed by atoms with Gasteiger partial charge in [0.1, 0.15) is 5.75 Å². The molecule has 0 radical (unpaired) electrons. The van der Waals surface area contributed by atoms with Gasteiger partial charge >= 0.3 is 5.97 Å². The minimum Gasteiger partial charge on any atom is -0.481 e. The van der Waals surface area contributed by atoms with E-state index in [0.29, 0.717) is 11.4 Å². The van der Waals surface area contributed by atoms with Gasteiger partial charge in [0.05, 0.1) is 5.56 Å². The van der Waals surface area contributed by atoms with Gasteiger partial charge in [-0.1, -0.05) is 18.2 Å². The van der Waals surface area contributed by atoms with E-state index in [2.05, 4.69) is 5.32 Å². The Morgan fingerprint density at radius 2 is 1.67 bits per heavy atom. The molecule has 2 aromatic rings. The molecule has 0 aliphatic carbocycles. The molecule has 1 atom stereocenters. The van der Waals surface area contributed by atoms with Gasteiger partial charge in [-0.15, -0.1) is 0 Å². The van der Waals surface area contributed by atoms with E-state index in [1.54, 1.807) is 19.1 Å². The first kappa shape index (κ1) is 14.6. The summed E-state index contributed by atoms with van der Waals surface area (Å²) in [7, 11) is 0. The maximum absolute atomic E-state index is 12.0. The number of anilines is 1. The van der Waals surface area contributed by atoms with Gasteiger partial charge in [0.15, 0.2) is 6.10 Å². The number of amides is 1. The lowest BCUT2D eigenvalue weighted by Gasteiger charge is -2.14. The quantitative estimate of drug-likeness (QED) is 0.885. The number of para-hydroxylation sites is 1. The van der Waals surface area contributed by atoms with Crippen LogP contribution in [0.4, 0.5) is 5.69 Å². The molecule has 5 heteroatoms. The summed E-state index contributed by atoms with van der Waals surface area (Å²) < 4.78 is 5.48. The molecule has 2 aromatic carbocycles. The molecule has 0 bridgehead atoms. The van der Waals surface area contributed by atoms with Gasteiger partial charge in [0.25, 0.3) is 5.91 Å². The summed E-state index contributed by atoms with van der Waals surface area (Å²) >= 11 is 0. The van der Waals surface area contributed by atoms with E-state index in [1.807, 2.05) is 18.2 Å². The number of nitrogens with one attached hydrogen (secondary N) is 1. The van der Waals surface area contributed by atoms with E-state index in [1.165, 1.54) is 24.3 Å². The monoisotopic (exact) mass is 285 g/mol. The van der Waals surface area contributed by atoms with Crippen LogP contribution in [0.3, 0.4) is 0 Å². The Balaban J connectivity index is 1.95. The average Bonchev–Trinajstić information content (AvgIpc) is 2.48. The molecule has 0 aliphatic heterocycles. The zero-order valence-corrected chi connectivity index (χ0v) is 11.4. The van der Waals surface area contributed by atoms with Crippen LogP contribution in [-0.2, 0) is 4.79 Å². The van der Waals surface area contributed by atoms with Crippen LogP contribution < -0.4 is 10.1 Å². The van der Waals surface area contributed by atoms with Crippen molar-refractivity contribution in [3.63, 3.8) is 0 Å². The summed E-state index contributed by atoms with van der Waals surface area (Å²) in [5, 5.41) is 11.5. The molecule has 108 valence electrons. The molecule has 0 fully saturated rings. The molecule has 0 saturated carbocycles. The van der Waals surface area contributed by atoms with Crippen molar-refractivity contribution in [2.75, 3.05) is 5.32 Å². The van der Waals surface area contributed by atoms with Gasteiger partial charge in [-0.05, 0) is 43.3 Å². The Hall–Kier alpha value is -2.82. The van der Waals surface area contributed by atoms with Crippen molar-refractivity contribution in [3.8, 4) is 5.75 Å². The van der Waals surface area contributed by atoms with Gasteiger partial charge in [-0.2, -0.15) is 0 Å². The van der Waals surface area contributed by atoms with E-state index < -0.39 is 12.1 Å². The third kappa shape index (κ3) is 4.07. The van der Waals surface area contributed by atoms with Gasteiger partial charge < -0.3 is 15.2 Å². The number of hydrogen-bond donors (Lipinski definition) is 2. The fraction of sp³-hybridized carbons (Fsp3) is 0.125. The third-order valence-electron chi connectivity index (χ3n) is 2.82. The van der Waals surface area contributed by atoms with Gasteiger partial charge in [-0.3, -0.25) is 4.79 Å². The van der Waals surface area contributed by atoms with E-state index in [9.17, 15) is 9.59 Å². The largest absolute Gasteiger partial charge is 0.481 e. The van der Waals surface area contributed by atoms with Crippen molar-refractivity contribution in [1.29, 1.82) is 0 Å². The molecule has 5 nitrogen and oxygen atoms in total.